The van der Waals surface area contributed by atoms with Gasteiger partial charge < -0.3 is 5.32 Å². The van der Waals surface area contributed by atoms with Crippen molar-refractivity contribution in [2.75, 3.05) is 26.2 Å². The number of thiophene rings is 1. The number of hydrogen-bond donors (Lipinski definition) is 1. The van der Waals surface area contributed by atoms with Crippen molar-refractivity contribution in [1.29, 1.82) is 0 Å². The van der Waals surface area contributed by atoms with Gasteiger partial charge in [-0.1, -0.05) is 35.3 Å². The van der Waals surface area contributed by atoms with E-state index in [1.807, 2.05) is 18.2 Å². The molecular weight excluding hydrogens is 311 g/mol. The van der Waals surface area contributed by atoms with Crippen LogP contribution in [0.15, 0.2) is 35.7 Å². The Kier molecular flexibility index (Phi) is 4.64. The van der Waals surface area contributed by atoms with Crippen LogP contribution in [-0.4, -0.2) is 31.1 Å². The molecule has 3 rings (SSSR count). The molecule has 2 aromatic rings. The van der Waals surface area contributed by atoms with Crippen molar-refractivity contribution in [3.05, 3.63) is 56.2 Å². The third-order valence-electron chi connectivity index (χ3n) is 3.60. The highest BCUT2D eigenvalue weighted by molar-refractivity contribution is 7.10. The van der Waals surface area contributed by atoms with Crippen LogP contribution in [0.5, 0.6) is 0 Å². The summed E-state index contributed by atoms with van der Waals surface area (Å²) < 4.78 is 0. The molecule has 0 aliphatic carbocycles. The molecule has 2 heterocycles. The van der Waals surface area contributed by atoms with E-state index in [2.05, 4.69) is 27.7 Å². The van der Waals surface area contributed by atoms with Crippen LogP contribution in [0.25, 0.3) is 0 Å². The van der Waals surface area contributed by atoms with Gasteiger partial charge in [0.15, 0.2) is 0 Å². The first kappa shape index (κ1) is 14.4. The molecule has 1 aliphatic heterocycles. The zero-order valence-electron chi connectivity index (χ0n) is 11.0. The molecule has 1 aliphatic rings. The topological polar surface area (TPSA) is 15.3 Å². The van der Waals surface area contributed by atoms with Crippen LogP contribution >= 0.6 is 34.5 Å². The number of benzene rings is 1. The Hall–Kier alpha value is -0.580. The summed E-state index contributed by atoms with van der Waals surface area (Å²) in [5, 5.41) is 6.99. The zero-order chi connectivity index (χ0) is 13.9. The van der Waals surface area contributed by atoms with E-state index in [0.29, 0.717) is 0 Å². The predicted octanol–water partition coefficient (Wildman–Crippen LogP) is 4.05. The molecule has 5 heteroatoms. The molecule has 0 saturated carbocycles. The van der Waals surface area contributed by atoms with Gasteiger partial charge in [-0.15, -0.1) is 11.3 Å². The van der Waals surface area contributed by atoms with Gasteiger partial charge in [-0.3, -0.25) is 4.90 Å². The second-order valence-electron chi connectivity index (χ2n) is 4.84. The Labute approximate surface area is 133 Å². The summed E-state index contributed by atoms with van der Waals surface area (Å²) in [6, 6.07) is 10.1. The Morgan fingerprint density at radius 2 is 1.75 bits per heavy atom. The summed E-state index contributed by atoms with van der Waals surface area (Å²) in [5.74, 6) is 0. The van der Waals surface area contributed by atoms with Crippen molar-refractivity contribution < 1.29 is 0 Å². The molecule has 0 radical (unpaired) electrons. The van der Waals surface area contributed by atoms with Crippen LogP contribution in [0, 0.1) is 0 Å². The lowest BCUT2D eigenvalue weighted by molar-refractivity contribution is 0.201. The second-order valence-corrected chi connectivity index (χ2v) is 6.63. The van der Waals surface area contributed by atoms with Gasteiger partial charge in [0.25, 0.3) is 0 Å². The summed E-state index contributed by atoms with van der Waals surface area (Å²) in [5.41, 5.74) is 1.03. The van der Waals surface area contributed by atoms with Gasteiger partial charge in [0.05, 0.1) is 6.04 Å². The van der Waals surface area contributed by atoms with Crippen molar-refractivity contribution in [2.24, 2.45) is 0 Å². The number of piperazine rings is 1. The lowest BCUT2D eigenvalue weighted by atomic mass is 10.0. The average Bonchev–Trinajstić information content (AvgIpc) is 2.98. The van der Waals surface area contributed by atoms with E-state index in [0.717, 1.165) is 41.8 Å². The van der Waals surface area contributed by atoms with Gasteiger partial charge in [0.1, 0.15) is 0 Å². The van der Waals surface area contributed by atoms with Gasteiger partial charge in [0.2, 0.25) is 0 Å². The second kappa shape index (κ2) is 6.46. The maximum Gasteiger partial charge on any atom is 0.0726 e. The highest BCUT2D eigenvalue weighted by atomic mass is 35.5. The lowest BCUT2D eigenvalue weighted by Gasteiger charge is -2.35. The fourth-order valence-electron chi connectivity index (χ4n) is 2.66. The first-order valence-corrected chi connectivity index (χ1v) is 8.33. The van der Waals surface area contributed by atoms with Crippen LogP contribution in [0.1, 0.15) is 16.5 Å². The molecule has 1 N–H and O–H groups in total. The van der Waals surface area contributed by atoms with E-state index in [1.165, 1.54) is 4.88 Å². The fraction of sp³-hybridized carbons (Fsp3) is 0.333. The summed E-state index contributed by atoms with van der Waals surface area (Å²) in [4.78, 5) is 3.75. The van der Waals surface area contributed by atoms with Crippen molar-refractivity contribution in [2.45, 2.75) is 6.04 Å². The summed E-state index contributed by atoms with van der Waals surface area (Å²) in [6.45, 7) is 4.02. The molecule has 106 valence electrons. The van der Waals surface area contributed by atoms with E-state index in [9.17, 15) is 0 Å². The summed E-state index contributed by atoms with van der Waals surface area (Å²) in [6.07, 6.45) is 0. The molecule has 0 spiro atoms. The maximum atomic E-state index is 6.44. The van der Waals surface area contributed by atoms with E-state index >= 15 is 0 Å². The van der Waals surface area contributed by atoms with Gasteiger partial charge in [-0.2, -0.15) is 0 Å². The van der Waals surface area contributed by atoms with Crippen LogP contribution in [0.4, 0.5) is 0 Å². The number of nitrogens with zero attached hydrogens (tertiary/aromatic N) is 1. The Morgan fingerprint density at radius 1 is 1.05 bits per heavy atom. The smallest absolute Gasteiger partial charge is 0.0726 e. The fourth-order valence-corrected chi connectivity index (χ4v) is 4.14. The van der Waals surface area contributed by atoms with Gasteiger partial charge in [0, 0.05) is 46.7 Å². The van der Waals surface area contributed by atoms with Crippen LogP contribution in [-0.2, 0) is 0 Å². The van der Waals surface area contributed by atoms with Gasteiger partial charge >= 0.3 is 0 Å². The molecule has 1 aromatic carbocycles. The highest BCUT2D eigenvalue weighted by Crippen LogP contribution is 2.39. The van der Waals surface area contributed by atoms with Crippen molar-refractivity contribution in [3.8, 4) is 0 Å². The van der Waals surface area contributed by atoms with Crippen LogP contribution in [0.3, 0.4) is 0 Å². The monoisotopic (exact) mass is 326 g/mol. The van der Waals surface area contributed by atoms with Gasteiger partial charge in [-0.25, -0.2) is 0 Å². The van der Waals surface area contributed by atoms with Gasteiger partial charge in [-0.05, 0) is 23.6 Å². The van der Waals surface area contributed by atoms with E-state index < -0.39 is 0 Å². The minimum atomic E-state index is 0.151. The SMILES string of the molecule is Clc1cccc(Cl)c1[C@H](c1cccs1)N1CCNCC1. The first-order chi connectivity index (χ1) is 9.77. The molecule has 0 bridgehead atoms. The lowest BCUT2D eigenvalue weighted by Crippen LogP contribution is -2.45. The Balaban J connectivity index is 2.05. The quantitative estimate of drug-likeness (QED) is 0.915. The van der Waals surface area contributed by atoms with Crippen LogP contribution < -0.4 is 5.32 Å². The molecule has 1 saturated heterocycles. The van der Waals surface area contributed by atoms with Crippen molar-refractivity contribution in [1.82, 2.24) is 10.2 Å². The molecule has 2 nitrogen and oxygen atoms in total. The Bertz CT molecular complexity index is 545. The largest absolute Gasteiger partial charge is 0.314 e. The number of hydrogen-bond acceptors (Lipinski definition) is 3. The minimum Gasteiger partial charge on any atom is -0.314 e. The number of rotatable bonds is 3. The summed E-state index contributed by atoms with van der Waals surface area (Å²) in [7, 11) is 0. The molecule has 1 atom stereocenters. The van der Waals surface area contributed by atoms with Crippen LogP contribution in [0.2, 0.25) is 10.0 Å². The van der Waals surface area contributed by atoms with Crippen molar-refractivity contribution >= 4 is 34.5 Å². The van der Waals surface area contributed by atoms with E-state index in [4.69, 9.17) is 23.2 Å². The molecule has 20 heavy (non-hydrogen) atoms. The predicted molar refractivity (Wildman–Crippen MR) is 87.1 cm³/mol. The number of halogens is 2. The minimum absolute atomic E-state index is 0.151. The van der Waals surface area contributed by atoms with E-state index in [-0.39, 0.29) is 6.04 Å². The Morgan fingerprint density at radius 3 is 2.35 bits per heavy atom. The molecule has 1 aromatic heterocycles. The summed E-state index contributed by atoms with van der Waals surface area (Å²) >= 11 is 14.6. The highest BCUT2D eigenvalue weighted by Gasteiger charge is 2.28. The molecule has 1 fully saturated rings. The third kappa shape index (κ3) is 2.87. The normalized spacial score (nSPS) is 18.1. The first-order valence-electron chi connectivity index (χ1n) is 6.69. The molecular formula is C15H16Cl2N2S. The zero-order valence-corrected chi connectivity index (χ0v) is 13.3. The maximum absolute atomic E-state index is 6.44. The third-order valence-corrected chi connectivity index (χ3v) is 5.19. The number of nitrogens with one attached hydrogen (secondary N) is 1. The van der Waals surface area contributed by atoms with E-state index in [1.54, 1.807) is 11.3 Å². The average molecular weight is 327 g/mol. The standard InChI is InChI=1S/C15H16Cl2N2S/c16-11-3-1-4-12(17)14(11)15(13-5-2-10-20-13)19-8-6-18-7-9-19/h1-5,10,15,18H,6-9H2/t15-/m0/s1. The molecule has 0 unspecified atom stereocenters. The van der Waals surface area contributed by atoms with Crippen molar-refractivity contribution in [3.63, 3.8) is 0 Å². The molecule has 0 amide bonds.